The third-order valence-corrected chi connectivity index (χ3v) is 7.56. The minimum atomic E-state index is -3.56. The quantitative estimate of drug-likeness (QED) is 0.630. The maximum atomic E-state index is 13.3. The van der Waals surface area contributed by atoms with Crippen molar-refractivity contribution in [3.63, 3.8) is 0 Å². The van der Waals surface area contributed by atoms with Gasteiger partial charge in [-0.1, -0.05) is 42.5 Å². The first-order valence-corrected chi connectivity index (χ1v) is 12.0. The van der Waals surface area contributed by atoms with Gasteiger partial charge in [0.1, 0.15) is 6.04 Å². The van der Waals surface area contributed by atoms with E-state index < -0.39 is 16.1 Å². The Morgan fingerprint density at radius 1 is 0.879 bits per heavy atom. The number of nitrogens with zero attached hydrogens (tertiary/aromatic N) is 2. The molecule has 170 valence electrons. The second kappa shape index (κ2) is 9.17. The Kier molecular flexibility index (Phi) is 6.31. The molecule has 1 unspecified atom stereocenters. The molecule has 2 amide bonds. The number of carbonyl (C=O) groups excluding carboxylic acids is 2. The Balaban J connectivity index is 1.59. The molecule has 0 fully saturated rings. The van der Waals surface area contributed by atoms with Crippen LogP contribution in [0.25, 0.3) is 0 Å². The van der Waals surface area contributed by atoms with E-state index in [9.17, 15) is 18.0 Å². The number of amides is 2. The van der Waals surface area contributed by atoms with Gasteiger partial charge in [0.05, 0.1) is 4.90 Å². The van der Waals surface area contributed by atoms with Gasteiger partial charge in [0.25, 0.3) is 5.91 Å². The summed E-state index contributed by atoms with van der Waals surface area (Å²) in [6.45, 7) is 0.335. The van der Waals surface area contributed by atoms with Crippen LogP contribution in [0.5, 0.6) is 0 Å². The molecule has 0 bridgehead atoms. The van der Waals surface area contributed by atoms with E-state index >= 15 is 0 Å². The van der Waals surface area contributed by atoms with Crippen LogP contribution < -0.4 is 5.32 Å². The third kappa shape index (κ3) is 4.67. The SMILES string of the molecule is CN(C)S(=O)(=O)c1ccc(NC(=O)C2Cc3ccccc3CN2C(=O)c2ccccc2)cc1. The zero-order chi connectivity index (χ0) is 23.6. The van der Waals surface area contributed by atoms with Crippen LogP contribution in [0.1, 0.15) is 21.5 Å². The molecule has 3 aromatic carbocycles. The zero-order valence-corrected chi connectivity index (χ0v) is 19.2. The highest BCUT2D eigenvalue weighted by Gasteiger charge is 2.35. The molecule has 3 aromatic rings. The molecule has 33 heavy (non-hydrogen) atoms. The molecular formula is C25H25N3O4S. The largest absolute Gasteiger partial charge is 0.324 e. The lowest BCUT2D eigenvalue weighted by Crippen LogP contribution is -2.50. The zero-order valence-electron chi connectivity index (χ0n) is 18.4. The lowest BCUT2D eigenvalue weighted by Gasteiger charge is -2.36. The fraction of sp³-hybridized carbons (Fsp3) is 0.200. The number of fused-ring (bicyclic) bond motifs is 1. The topological polar surface area (TPSA) is 86.8 Å². The van der Waals surface area contributed by atoms with Crippen LogP contribution in [0, 0.1) is 0 Å². The van der Waals surface area contributed by atoms with E-state index in [4.69, 9.17) is 0 Å². The van der Waals surface area contributed by atoms with Gasteiger partial charge in [-0.3, -0.25) is 9.59 Å². The molecule has 0 aromatic heterocycles. The van der Waals surface area contributed by atoms with Gasteiger partial charge >= 0.3 is 0 Å². The minimum absolute atomic E-state index is 0.137. The number of sulfonamides is 1. The summed E-state index contributed by atoms with van der Waals surface area (Å²) in [6.07, 6.45) is 0.397. The first-order chi connectivity index (χ1) is 15.8. The highest BCUT2D eigenvalue weighted by Crippen LogP contribution is 2.26. The van der Waals surface area contributed by atoms with Crippen molar-refractivity contribution in [1.82, 2.24) is 9.21 Å². The summed E-state index contributed by atoms with van der Waals surface area (Å²) in [6, 6.07) is 22.0. The van der Waals surface area contributed by atoms with Crippen molar-refractivity contribution >= 4 is 27.5 Å². The number of hydrogen-bond donors (Lipinski definition) is 1. The lowest BCUT2D eigenvalue weighted by molar-refractivity contribution is -0.121. The van der Waals surface area contributed by atoms with E-state index in [1.807, 2.05) is 30.3 Å². The Labute approximate surface area is 193 Å². The van der Waals surface area contributed by atoms with Crippen LogP contribution in [0.3, 0.4) is 0 Å². The summed E-state index contributed by atoms with van der Waals surface area (Å²) in [5, 5.41) is 2.85. The van der Waals surface area contributed by atoms with Crippen LogP contribution in [0.4, 0.5) is 5.69 Å². The molecule has 0 saturated carbocycles. The van der Waals surface area contributed by atoms with Crippen LogP contribution in [-0.2, 0) is 27.8 Å². The fourth-order valence-corrected chi connectivity index (χ4v) is 4.77. The van der Waals surface area contributed by atoms with Crippen molar-refractivity contribution in [2.75, 3.05) is 19.4 Å². The Morgan fingerprint density at radius 2 is 1.48 bits per heavy atom. The molecule has 0 saturated heterocycles. The second-order valence-electron chi connectivity index (χ2n) is 8.09. The smallest absolute Gasteiger partial charge is 0.254 e. The summed E-state index contributed by atoms with van der Waals surface area (Å²) < 4.78 is 25.7. The van der Waals surface area contributed by atoms with Crippen LogP contribution in [-0.4, -0.2) is 49.6 Å². The molecule has 1 atom stereocenters. The lowest BCUT2D eigenvalue weighted by atomic mass is 9.92. The van der Waals surface area contributed by atoms with E-state index in [-0.39, 0.29) is 16.7 Å². The fourth-order valence-electron chi connectivity index (χ4n) is 3.86. The van der Waals surface area contributed by atoms with Gasteiger partial charge in [-0.05, 0) is 47.5 Å². The minimum Gasteiger partial charge on any atom is -0.324 e. The van der Waals surface area contributed by atoms with Gasteiger partial charge in [-0.25, -0.2) is 12.7 Å². The Hall–Kier alpha value is -3.49. The number of anilines is 1. The van der Waals surface area contributed by atoms with Crippen LogP contribution in [0.15, 0.2) is 83.8 Å². The van der Waals surface area contributed by atoms with Crippen LogP contribution in [0.2, 0.25) is 0 Å². The summed E-state index contributed by atoms with van der Waals surface area (Å²) in [4.78, 5) is 28.3. The van der Waals surface area contributed by atoms with Gasteiger partial charge in [0, 0.05) is 38.3 Å². The van der Waals surface area contributed by atoms with Crippen molar-refractivity contribution in [1.29, 1.82) is 0 Å². The van der Waals surface area contributed by atoms with Crippen molar-refractivity contribution < 1.29 is 18.0 Å². The van der Waals surface area contributed by atoms with Gasteiger partial charge < -0.3 is 10.2 Å². The molecule has 0 radical (unpaired) electrons. The van der Waals surface area contributed by atoms with Crippen LogP contribution >= 0.6 is 0 Å². The van der Waals surface area contributed by atoms with Gasteiger partial charge in [0.2, 0.25) is 15.9 Å². The summed E-state index contributed by atoms with van der Waals surface area (Å²) in [5.74, 6) is -0.533. The molecule has 1 N–H and O–H groups in total. The van der Waals surface area contributed by atoms with E-state index in [1.165, 1.54) is 26.2 Å². The molecule has 4 rings (SSSR count). The number of carbonyl (C=O) groups is 2. The highest BCUT2D eigenvalue weighted by molar-refractivity contribution is 7.89. The first-order valence-electron chi connectivity index (χ1n) is 10.5. The molecular weight excluding hydrogens is 438 g/mol. The van der Waals surface area contributed by atoms with Crippen molar-refractivity contribution in [2.24, 2.45) is 0 Å². The average Bonchev–Trinajstić information content (AvgIpc) is 2.83. The molecule has 7 nitrogen and oxygen atoms in total. The monoisotopic (exact) mass is 463 g/mol. The molecule has 1 heterocycles. The maximum Gasteiger partial charge on any atom is 0.254 e. The number of rotatable bonds is 5. The maximum absolute atomic E-state index is 13.3. The number of hydrogen-bond acceptors (Lipinski definition) is 4. The van der Waals surface area contributed by atoms with Crippen molar-refractivity contribution in [2.45, 2.75) is 23.9 Å². The summed E-state index contributed by atoms with van der Waals surface area (Å²) >= 11 is 0. The predicted octanol–water partition coefficient (Wildman–Crippen LogP) is 3.14. The van der Waals surface area contributed by atoms with E-state index in [0.29, 0.717) is 24.2 Å². The predicted molar refractivity (Wildman–Crippen MR) is 126 cm³/mol. The van der Waals surface area contributed by atoms with Gasteiger partial charge in [0.15, 0.2) is 0 Å². The van der Waals surface area contributed by atoms with Crippen molar-refractivity contribution in [3.05, 3.63) is 95.6 Å². The first kappa shape index (κ1) is 22.7. The molecule has 1 aliphatic rings. The normalized spacial score (nSPS) is 15.7. The van der Waals surface area contributed by atoms with E-state index in [1.54, 1.807) is 41.3 Å². The number of nitrogens with one attached hydrogen (secondary N) is 1. The number of benzene rings is 3. The van der Waals surface area contributed by atoms with Crippen molar-refractivity contribution in [3.8, 4) is 0 Å². The van der Waals surface area contributed by atoms with Gasteiger partial charge in [-0.2, -0.15) is 0 Å². The Morgan fingerprint density at radius 3 is 2.12 bits per heavy atom. The average molecular weight is 464 g/mol. The summed E-state index contributed by atoms with van der Waals surface area (Å²) in [7, 11) is -0.634. The second-order valence-corrected chi connectivity index (χ2v) is 10.2. The standard InChI is InChI=1S/C25H25N3O4S/c1-27(2)33(31,32)22-14-12-21(13-15-22)26-24(29)23-16-19-10-6-7-11-20(19)17-28(23)25(30)18-8-4-3-5-9-18/h3-15,23H,16-17H2,1-2H3,(H,26,29). The summed E-state index contributed by atoms with van der Waals surface area (Å²) in [5.41, 5.74) is 3.03. The van der Waals surface area contributed by atoms with E-state index in [0.717, 1.165) is 15.4 Å². The molecule has 1 aliphatic heterocycles. The highest BCUT2D eigenvalue weighted by atomic mass is 32.2. The van der Waals surface area contributed by atoms with E-state index in [2.05, 4.69) is 5.32 Å². The third-order valence-electron chi connectivity index (χ3n) is 5.73. The Bertz CT molecular complexity index is 1270. The molecule has 8 heteroatoms. The van der Waals surface area contributed by atoms with Gasteiger partial charge in [-0.15, -0.1) is 0 Å². The molecule has 0 aliphatic carbocycles. The molecule has 0 spiro atoms.